The molecule has 0 bridgehead atoms. The smallest absolute Gasteiger partial charge is 0.321 e. The van der Waals surface area contributed by atoms with E-state index in [0.717, 1.165) is 41.4 Å². The molecular weight excluding hydrogens is 424 g/mol. The van der Waals surface area contributed by atoms with Crippen LogP contribution in [0.2, 0.25) is 0 Å². The van der Waals surface area contributed by atoms with Gasteiger partial charge in [0.15, 0.2) is 5.82 Å². The second-order valence-corrected chi connectivity index (χ2v) is 8.84. The van der Waals surface area contributed by atoms with Crippen molar-refractivity contribution in [3.05, 3.63) is 71.4 Å². The Kier molecular flexibility index (Phi) is 7.07. The van der Waals surface area contributed by atoms with E-state index in [-0.39, 0.29) is 6.03 Å². The largest absolute Gasteiger partial charge is 0.354 e. The molecule has 1 fully saturated rings. The average Bonchev–Trinajstić information content (AvgIpc) is 3.11. The number of anilines is 2. The van der Waals surface area contributed by atoms with E-state index in [4.69, 9.17) is 15.2 Å². The van der Waals surface area contributed by atoms with Crippen LogP contribution < -0.4 is 10.2 Å². The van der Waals surface area contributed by atoms with Gasteiger partial charge in [0, 0.05) is 48.7 Å². The van der Waals surface area contributed by atoms with E-state index in [1.807, 2.05) is 35.2 Å². The minimum atomic E-state index is -0.125. The molecule has 7 nitrogen and oxygen atoms in total. The topological polar surface area (TPSA) is 85.2 Å². The van der Waals surface area contributed by atoms with Crippen molar-refractivity contribution in [3.63, 3.8) is 0 Å². The quantitative estimate of drug-likeness (QED) is 0.586. The molecule has 2 heterocycles. The van der Waals surface area contributed by atoms with Crippen molar-refractivity contribution in [3.8, 4) is 17.5 Å². The van der Waals surface area contributed by atoms with Crippen molar-refractivity contribution in [2.45, 2.75) is 33.1 Å². The Morgan fingerprint density at radius 2 is 1.74 bits per heavy atom. The van der Waals surface area contributed by atoms with Gasteiger partial charge in [-0.25, -0.2) is 14.8 Å². The first kappa shape index (κ1) is 23.2. The van der Waals surface area contributed by atoms with Crippen molar-refractivity contribution in [1.82, 2.24) is 14.9 Å². The number of urea groups is 1. The molecule has 1 saturated heterocycles. The highest BCUT2D eigenvalue weighted by molar-refractivity contribution is 5.89. The first-order chi connectivity index (χ1) is 16.5. The summed E-state index contributed by atoms with van der Waals surface area (Å²) in [6.45, 7) is 9.20. The van der Waals surface area contributed by atoms with E-state index >= 15 is 0 Å². The zero-order chi connectivity index (χ0) is 24.1. The monoisotopic (exact) mass is 454 g/mol. The first-order valence-electron chi connectivity index (χ1n) is 11.7. The van der Waals surface area contributed by atoms with E-state index in [1.54, 1.807) is 24.3 Å². The number of benzene rings is 2. The van der Waals surface area contributed by atoms with Gasteiger partial charge in [0.1, 0.15) is 5.82 Å². The number of carbonyl (C=O) groups is 1. The van der Waals surface area contributed by atoms with Gasteiger partial charge in [-0.2, -0.15) is 5.26 Å². The van der Waals surface area contributed by atoms with E-state index in [1.165, 1.54) is 0 Å². The molecule has 3 aromatic rings. The second-order valence-electron chi connectivity index (χ2n) is 8.84. The zero-order valence-corrected chi connectivity index (χ0v) is 20.0. The molecule has 0 spiro atoms. The molecule has 0 atom stereocenters. The van der Waals surface area contributed by atoms with E-state index < -0.39 is 0 Å². The fraction of sp³-hybridized carbons (Fsp3) is 0.333. The van der Waals surface area contributed by atoms with E-state index in [2.05, 4.69) is 37.1 Å². The van der Waals surface area contributed by atoms with Crippen molar-refractivity contribution in [2.75, 3.05) is 36.4 Å². The summed E-state index contributed by atoms with van der Waals surface area (Å²) >= 11 is 0. The standard InChI is InChI=1S/C27H30N6O/c1-19(2)24-20(3)29-25(22-8-5-4-6-9-22)31-26(24)32-14-7-15-33(17-16-32)27(34)30-23-12-10-21(18-28)11-13-23/h4-6,8-13,19H,7,14-17H2,1-3H3,(H,30,34). The Morgan fingerprint density at radius 3 is 2.41 bits per heavy atom. The minimum Gasteiger partial charge on any atom is -0.354 e. The highest BCUT2D eigenvalue weighted by Gasteiger charge is 2.24. The fourth-order valence-corrected chi connectivity index (χ4v) is 4.36. The van der Waals surface area contributed by atoms with Gasteiger partial charge < -0.3 is 15.1 Å². The van der Waals surface area contributed by atoms with Crippen molar-refractivity contribution in [1.29, 1.82) is 5.26 Å². The molecule has 7 heteroatoms. The van der Waals surface area contributed by atoms with Crippen LogP contribution in [0.5, 0.6) is 0 Å². The average molecular weight is 455 g/mol. The molecule has 0 saturated carbocycles. The molecule has 1 aromatic heterocycles. The molecule has 1 aliphatic heterocycles. The van der Waals surface area contributed by atoms with Crippen LogP contribution >= 0.6 is 0 Å². The number of nitriles is 1. The van der Waals surface area contributed by atoms with Crippen LogP contribution in [0.4, 0.5) is 16.3 Å². The van der Waals surface area contributed by atoms with Crippen LogP contribution in [-0.2, 0) is 0 Å². The molecule has 34 heavy (non-hydrogen) atoms. The Morgan fingerprint density at radius 1 is 1.00 bits per heavy atom. The number of aryl methyl sites for hydroxylation is 1. The maximum atomic E-state index is 12.9. The van der Waals surface area contributed by atoms with E-state index in [9.17, 15) is 4.79 Å². The van der Waals surface area contributed by atoms with Gasteiger partial charge in [-0.05, 0) is 43.5 Å². The van der Waals surface area contributed by atoms with Crippen LogP contribution in [-0.4, -0.2) is 47.1 Å². The molecule has 1 N–H and O–H groups in total. The number of nitrogens with one attached hydrogen (secondary N) is 1. The number of carbonyl (C=O) groups excluding carboxylic acids is 1. The molecular formula is C27H30N6O. The minimum absolute atomic E-state index is 0.125. The number of rotatable bonds is 4. The predicted octanol–water partition coefficient (Wildman–Crippen LogP) is 5.19. The fourth-order valence-electron chi connectivity index (χ4n) is 4.36. The summed E-state index contributed by atoms with van der Waals surface area (Å²) < 4.78 is 0. The lowest BCUT2D eigenvalue weighted by atomic mass is 10.0. The SMILES string of the molecule is Cc1nc(-c2ccccc2)nc(N2CCCN(C(=O)Nc3ccc(C#N)cc3)CC2)c1C(C)C. The third kappa shape index (κ3) is 5.18. The summed E-state index contributed by atoms with van der Waals surface area (Å²) in [5.41, 5.74) is 4.42. The zero-order valence-electron chi connectivity index (χ0n) is 20.0. The summed E-state index contributed by atoms with van der Waals surface area (Å²) in [5.74, 6) is 1.99. The maximum absolute atomic E-state index is 12.9. The second kappa shape index (κ2) is 10.3. The number of hydrogen-bond donors (Lipinski definition) is 1. The van der Waals surface area contributed by atoms with Crippen LogP contribution in [0.1, 0.15) is 43.0 Å². The van der Waals surface area contributed by atoms with Crippen molar-refractivity contribution >= 4 is 17.5 Å². The Bertz CT molecular complexity index is 1180. The van der Waals surface area contributed by atoms with Crippen molar-refractivity contribution in [2.24, 2.45) is 0 Å². The van der Waals surface area contributed by atoms with Gasteiger partial charge in [0.25, 0.3) is 0 Å². The van der Waals surface area contributed by atoms with Crippen LogP contribution in [0.3, 0.4) is 0 Å². The van der Waals surface area contributed by atoms with Gasteiger partial charge in [-0.1, -0.05) is 44.2 Å². The van der Waals surface area contributed by atoms with Crippen molar-refractivity contribution < 1.29 is 4.79 Å². The number of hydrogen-bond acceptors (Lipinski definition) is 5. The van der Waals surface area contributed by atoms with Gasteiger partial charge in [-0.15, -0.1) is 0 Å². The lowest BCUT2D eigenvalue weighted by Crippen LogP contribution is -2.38. The van der Waals surface area contributed by atoms with Gasteiger partial charge in [0.2, 0.25) is 0 Å². The Balaban J connectivity index is 1.53. The summed E-state index contributed by atoms with van der Waals surface area (Å²) in [5, 5.41) is 11.9. The van der Waals surface area contributed by atoms with Crippen LogP contribution in [0.15, 0.2) is 54.6 Å². The molecule has 2 amide bonds. The number of amides is 2. The molecule has 1 aliphatic rings. The molecule has 0 radical (unpaired) electrons. The molecule has 2 aromatic carbocycles. The summed E-state index contributed by atoms with van der Waals surface area (Å²) in [6.07, 6.45) is 0.849. The number of nitrogens with zero attached hydrogens (tertiary/aromatic N) is 5. The lowest BCUT2D eigenvalue weighted by Gasteiger charge is -2.27. The Hall–Kier alpha value is -3.92. The highest BCUT2D eigenvalue weighted by Crippen LogP contribution is 2.31. The first-order valence-corrected chi connectivity index (χ1v) is 11.7. The maximum Gasteiger partial charge on any atom is 0.321 e. The summed E-state index contributed by atoms with van der Waals surface area (Å²) in [4.78, 5) is 26.9. The van der Waals surface area contributed by atoms with Crippen LogP contribution in [0.25, 0.3) is 11.4 Å². The summed E-state index contributed by atoms with van der Waals surface area (Å²) in [6, 6.07) is 18.9. The lowest BCUT2D eigenvalue weighted by molar-refractivity contribution is 0.215. The molecule has 0 unspecified atom stereocenters. The summed E-state index contributed by atoms with van der Waals surface area (Å²) in [7, 11) is 0. The predicted molar refractivity (Wildman–Crippen MR) is 135 cm³/mol. The molecule has 174 valence electrons. The molecule has 0 aliphatic carbocycles. The third-order valence-corrected chi connectivity index (χ3v) is 6.07. The Labute approximate surface area is 201 Å². The van der Waals surface area contributed by atoms with Crippen LogP contribution in [0, 0.1) is 18.3 Å². The van der Waals surface area contributed by atoms with Gasteiger partial charge in [0.05, 0.1) is 11.6 Å². The number of aromatic nitrogens is 2. The van der Waals surface area contributed by atoms with Gasteiger partial charge in [-0.3, -0.25) is 0 Å². The van der Waals surface area contributed by atoms with E-state index in [0.29, 0.717) is 36.8 Å². The highest BCUT2D eigenvalue weighted by atomic mass is 16.2. The normalized spacial score (nSPS) is 14.0. The molecule has 4 rings (SSSR count). The third-order valence-electron chi connectivity index (χ3n) is 6.07. The van der Waals surface area contributed by atoms with Gasteiger partial charge >= 0.3 is 6.03 Å².